The summed E-state index contributed by atoms with van der Waals surface area (Å²) < 4.78 is 22.0. The largest absolute Gasteiger partial charge is 0.379 e. The summed E-state index contributed by atoms with van der Waals surface area (Å²) in [6, 6.07) is 4.15. The molecule has 2 rings (SSSR count). The molecule has 0 radical (unpaired) electrons. The van der Waals surface area contributed by atoms with Gasteiger partial charge in [0.2, 0.25) is 5.91 Å². The number of halogens is 2. The van der Waals surface area contributed by atoms with Gasteiger partial charge in [-0.05, 0) is 42.9 Å². The summed E-state index contributed by atoms with van der Waals surface area (Å²) in [4.78, 5) is 57.8. The number of nitrogens with one attached hydrogen (secondary N) is 3. The van der Waals surface area contributed by atoms with Crippen LogP contribution >= 0.6 is 31.9 Å². The highest BCUT2D eigenvalue weighted by molar-refractivity contribution is 9.09. The summed E-state index contributed by atoms with van der Waals surface area (Å²) >= 11 is 6.86. The van der Waals surface area contributed by atoms with Gasteiger partial charge in [-0.2, -0.15) is 0 Å². The lowest BCUT2D eigenvalue weighted by atomic mass is 9.91. The molecule has 1 aromatic heterocycles. The number of ketones is 1. The number of hydrogen-bond acceptors (Lipinski definition) is 10. The van der Waals surface area contributed by atoms with Crippen LogP contribution in [0, 0.1) is 11.8 Å². The summed E-state index contributed by atoms with van der Waals surface area (Å²) in [6.07, 6.45) is 2.00. The molecule has 280 valence electrons. The molecule has 0 unspecified atom stereocenters. The number of Topliss-reactive ketones (excluding diaryl/α,β-unsaturated/α-hetero) is 1. The van der Waals surface area contributed by atoms with Crippen LogP contribution in [0.3, 0.4) is 0 Å². The molecule has 2 atom stereocenters. The first-order valence-electron chi connectivity index (χ1n) is 16.9. The van der Waals surface area contributed by atoms with Gasteiger partial charge in [-0.3, -0.25) is 14.4 Å². The number of carbonyl (C=O) groups excluding carboxylic acids is 4. The number of amides is 4. The quantitative estimate of drug-likeness (QED) is 0.0761. The number of carbonyl (C=O) groups is 4. The average Bonchev–Trinajstić information content (AvgIpc) is 3.09. The van der Waals surface area contributed by atoms with Gasteiger partial charge in [0.1, 0.15) is 0 Å². The van der Waals surface area contributed by atoms with Crippen molar-refractivity contribution in [1.29, 1.82) is 0 Å². The van der Waals surface area contributed by atoms with Crippen LogP contribution in [0.15, 0.2) is 18.2 Å². The van der Waals surface area contributed by atoms with Crippen molar-refractivity contribution >= 4 is 66.5 Å². The van der Waals surface area contributed by atoms with E-state index < -0.39 is 12.1 Å². The highest BCUT2D eigenvalue weighted by Gasteiger charge is 2.25. The number of nitrogens with two attached hydrogens (primary N) is 1. The highest BCUT2D eigenvalue weighted by Crippen LogP contribution is 2.19. The topological polar surface area (TPSA) is 193 Å². The fourth-order valence-electron chi connectivity index (χ4n) is 4.85. The van der Waals surface area contributed by atoms with Crippen molar-refractivity contribution in [3.8, 4) is 0 Å². The van der Waals surface area contributed by atoms with Gasteiger partial charge in [0.05, 0.1) is 81.3 Å². The molecule has 0 bridgehead atoms. The predicted molar refractivity (Wildman–Crippen MR) is 197 cm³/mol. The van der Waals surface area contributed by atoms with E-state index in [2.05, 4.69) is 57.8 Å². The first-order valence-corrected chi connectivity index (χ1v) is 19.2. The molecule has 0 fully saturated rings. The summed E-state index contributed by atoms with van der Waals surface area (Å²) in [7, 11) is 0. The Morgan fingerprint density at radius 3 is 1.94 bits per heavy atom. The van der Waals surface area contributed by atoms with E-state index in [-0.39, 0.29) is 42.5 Å². The normalized spacial score (nSPS) is 12.5. The molecule has 0 saturated carbocycles. The average molecular weight is 833 g/mol. The molecule has 1 heterocycles. The number of rotatable bonds is 27. The molecule has 0 aliphatic carbocycles. The van der Waals surface area contributed by atoms with E-state index in [0.717, 1.165) is 29.7 Å². The number of urea groups is 1. The summed E-state index contributed by atoms with van der Waals surface area (Å²) in [5.41, 5.74) is 8.67. The van der Waals surface area contributed by atoms with Gasteiger partial charge in [-0.15, -0.1) is 0 Å². The summed E-state index contributed by atoms with van der Waals surface area (Å²) in [6.45, 7) is 9.46. The van der Waals surface area contributed by atoms with Gasteiger partial charge in [-0.1, -0.05) is 52.6 Å². The molecular formula is C34H52Br2N6O8. The van der Waals surface area contributed by atoms with Crippen molar-refractivity contribution < 1.29 is 38.1 Å². The number of ether oxygens (including phenoxy) is 4. The third-order valence-electron chi connectivity index (χ3n) is 7.51. The first kappa shape index (κ1) is 43.4. The monoisotopic (exact) mass is 830 g/mol. The van der Waals surface area contributed by atoms with Crippen LogP contribution in [0.1, 0.15) is 68.2 Å². The van der Waals surface area contributed by atoms with Crippen LogP contribution in [0.2, 0.25) is 0 Å². The number of hydrogen-bond donors (Lipinski definition) is 4. The van der Waals surface area contributed by atoms with Crippen LogP contribution in [0.5, 0.6) is 0 Å². The van der Waals surface area contributed by atoms with Gasteiger partial charge < -0.3 is 40.6 Å². The van der Waals surface area contributed by atoms with Crippen LogP contribution in [-0.4, -0.2) is 106 Å². The fourth-order valence-corrected chi connectivity index (χ4v) is 5.75. The van der Waals surface area contributed by atoms with E-state index >= 15 is 0 Å². The van der Waals surface area contributed by atoms with Crippen molar-refractivity contribution in [2.24, 2.45) is 17.6 Å². The first-order chi connectivity index (χ1) is 24.0. The van der Waals surface area contributed by atoms with Gasteiger partial charge in [0.25, 0.3) is 5.91 Å². The van der Waals surface area contributed by atoms with E-state index in [1.807, 2.05) is 20.8 Å². The van der Waals surface area contributed by atoms with E-state index in [9.17, 15) is 19.2 Å². The lowest BCUT2D eigenvalue weighted by Crippen LogP contribution is -2.45. The maximum Gasteiger partial charge on any atom is 0.312 e. The third kappa shape index (κ3) is 17.4. The molecule has 0 aliphatic heterocycles. The van der Waals surface area contributed by atoms with Crippen LogP contribution in [-0.2, 0) is 39.2 Å². The molecule has 0 spiro atoms. The molecule has 16 heteroatoms. The van der Waals surface area contributed by atoms with Crippen LogP contribution in [0.4, 0.5) is 4.79 Å². The number of aromatic nitrogens is 2. The maximum absolute atomic E-state index is 12.8. The molecule has 5 N–H and O–H groups in total. The van der Waals surface area contributed by atoms with E-state index in [1.165, 1.54) is 0 Å². The van der Waals surface area contributed by atoms with Gasteiger partial charge >= 0.3 is 6.03 Å². The lowest BCUT2D eigenvalue weighted by molar-refractivity contribution is -0.130. The van der Waals surface area contributed by atoms with Crippen molar-refractivity contribution in [1.82, 2.24) is 25.9 Å². The Hall–Kier alpha value is -2.76. The number of nitrogens with zero attached hydrogens (tertiary/aromatic N) is 2. The Bertz CT molecular complexity index is 1350. The molecule has 1 aromatic carbocycles. The molecule has 0 saturated heterocycles. The van der Waals surface area contributed by atoms with Gasteiger partial charge in [-0.25, -0.2) is 14.8 Å². The zero-order chi connectivity index (χ0) is 36.7. The standard InChI is InChI=1S/C34H52Br2N6O8/c1-23(2)32(30(43)19-24(3)5-4-9-39-34(37)46)42-31(44)8-11-47-13-15-49-17-18-50-16-14-48-12-10-38-33(45)25-6-7-26-27(20-25)41-29(22-36)28(21-35)40-26/h6-7,20,23-24,32H,4-5,8-19,21-22H2,1-3H3,(H,38,45)(H,42,44)(H3,37,39,46)/t24-,32+/m1/s1. The maximum atomic E-state index is 12.8. The second-order valence-electron chi connectivity index (χ2n) is 12.0. The Morgan fingerprint density at radius 1 is 0.780 bits per heavy atom. The van der Waals surface area contributed by atoms with Crippen molar-refractivity contribution in [2.45, 2.75) is 63.2 Å². The molecule has 14 nitrogen and oxygen atoms in total. The molecule has 4 amide bonds. The van der Waals surface area contributed by atoms with Crippen molar-refractivity contribution in [3.05, 3.63) is 35.2 Å². The van der Waals surface area contributed by atoms with Crippen molar-refractivity contribution in [3.63, 3.8) is 0 Å². The smallest absolute Gasteiger partial charge is 0.312 e. The SMILES string of the molecule is CC(C)[C@H](NC(=O)CCOCCOCCOCCOCCNC(=O)c1ccc2nc(CBr)c(CBr)nc2c1)C(=O)C[C@H](C)CCCNC(N)=O. The zero-order valence-electron chi connectivity index (χ0n) is 29.3. The van der Waals surface area contributed by atoms with Gasteiger partial charge in [0.15, 0.2) is 5.78 Å². The molecule has 2 aromatic rings. The number of primary amides is 1. The summed E-state index contributed by atoms with van der Waals surface area (Å²) in [5.74, 6) is -0.350. The van der Waals surface area contributed by atoms with Crippen LogP contribution in [0.25, 0.3) is 11.0 Å². The Kier molecular flexibility index (Phi) is 21.9. The minimum Gasteiger partial charge on any atom is -0.379 e. The Balaban J connectivity index is 1.46. The minimum absolute atomic E-state index is 0.00180. The van der Waals surface area contributed by atoms with Crippen molar-refractivity contribution in [2.75, 3.05) is 65.9 Å². The molecule has 0 aliphatic rings. The minimum atomic E-state index is -0.558. The van der Waals surface area contributed by atoms with E-state index in [0.29, 0.717) is 87.5 Å². The van der Waals surface area contributed by atoms with E-state index in [4.69, 9.17) is 24.7 Å². The summed E-state index contributed by atoms with van der Waals surface area (Å²) in [5, 5.41) is 9.42. The zero-order valence-corrected chi connectivity index (χ0v) is 32.4. The Morgan fingerprint density at radius 2 is 1.36 bits per heavy atom. The molecule has 50 heavy (non-hydrogen) atoms. The van der Waals surface area contributed by atoms with Crippen LogP contribution < -0.4 is 21.7 Å². The Labute approximate surface area is 311 Å². The lowest BCUT2D eigenvalue weighted by Gasteiger charge is -2.23. The number of fused-ring (bicyclic) bond motifs is 1. The second-order valence-corrected chi connectivity index (χ2v) is 13.2. The van der Waals surface area contributed by atoms with E-state index in [1.54, 1.807) is 18.2 Å². The third-order valence-corrected chi connectivity index (χ3v) is 8.57. The highest BCUT2D eigenvalue weighted by atomic mass is 79.9. The molecular weight excluding hydrogens is 780 g/mol. The number of benzene rings is 1. The van der Waals surface area contributed by atoms with Gasteiger partial charge in [0, 0.05) is 42.2 Å². The predicted octanol–water partition coefficient (Wildman–Crippen LogP) is 3.79. The second kappa shape index (κ2) is 25.2. The fraction of sp³-hybridized carbons (Fsp3) is 0.647. The number of alkyl halides is 2.